The Bertz CT molecular complexity index is 434. The van der Waals surface area contributed by atoms with Gasteiger partial charge in [-0.15, -0.1) is 0 Å². The SMILES string of the molecule is CCCOc1ccc(CCCC(N)CCC)cc1C(C)(C)C. The van der Waals surface area contributed by atoms with E-state index in [1.165, 1.54) is 24.0 Å². The van der Waals surface area contributed by atoms with E-state index in [2.05, 4.69) is 52.8 Å². The first kappa shape index (κ1) is 19.0. The van der Waals surface area contributed by atoms with Gasteiger partial charge in [-0.3, -0.25) is 0 Å². The third-order valence-corrected chi connectivity index (χ3v) is 4.01. The van der Waals surface area contributed by atoms with Crippen molar-refractivity contribution < 1.29 is 4.74 Å². The third-order valence-electron chi connectivity index (χ3n) is 4.01. The summed E-state index contributed by atoms with van der Waals surface area (Å²) in [6.07, 6.45) is 6.75. The lowest BCUT2D eigenvalue weighted by Gasteiger charge is -2.24. The first-order chi connectivity index (χ1) is 10.4. The van der Waals surface area contributed by atoms with Gasteiger partial charge in [-0.1, -0.05) is 53.2 Å². The number of nitrogens with two attached hydrogens (primary N) is 1. The van der Waals surface area contributed by atoms with Crippen LogP contribution in [0.15, 0.2) is 18.2 Å². The first-order valence-electron chi connectivity index (χ1n) is 8.90. The summed E-state index contributed by atoms with van der Waals surface area (Å²) in [6.45, 7) is 11.9. The number of ether oxygens (including phenoxy) is 1. The van der Waals surface area contributed by atoms with Gasteiger partial charge in [0.2, 0.25) is 0 Å². The zero-order chi connectivity index (χ0) is 16.6. The van der Waals surface area contributed by atoms with Crippen molar-refractivity contribution in [3.8, 4) is 5.75 Å². The number of rotatable bonds is 9. The summed E-state index contributed by atoms with van der Waals surface area (Å²) in [7, 11) is 0. The predicted octanol–water partition coefficient (Wildman–Crippen LogP) is 5.22. The molecule has 0 heterocycles. The van der Waals surface area contributed by atoms with Gasteiger partial charge in [-0.25, -0.2) is 0 Å². The molecule has 0 radical (unpaired) electrons. The van der Waals surface area contributed by atoms with Gasteiger partial charge in [0.05, 0.1) is 6.61 Å². The molecule has 126 valence electrons. The molecule has 2 heteroatoms. The van der Waals surface area contributed by atoms with E-state index >= 15 is 0 Å². The average molecular weight is 306 g/mol. The smallest absolute Gasteiger partial charge is 0.123 e. The van der Waals surface area contributed by atoms with E-state index in [4.69, 9.17) is 10.5 Å². The number of hydrogen-bond donors (Lipinski definition) is 1. The molecule has 2 N–H and O–H groups in total. The van der Waals surface area contributed by atoms with Gasteiger partial charge in [0.1, 0.15) is 5.75 Å². The van der Waals surface area contributed by atoms with E-state index in [0.29, 0.717) is 6.04 Å². The summed E-state index contributed by atoms with van der Waals surface area (Å²) in [6, 6.07) is 7.05. The normalized spacial score (nSPS) is 13.2. The molecule has 1 rings (SSSR count). The highest BCUT2D eigenvalue weighted by Gasteiger charge is 2.19. The maximum absolute atomic E-state index is 6.11. The Labute approximate surface area is 137 Å². The van der Waals surface area contributed by atoms with Crippen molar-refractivity contribution in [2.45, 2.75) is 84.6 Å². The molecule has 0 fully saturated rings. The molecule has 0 aliphatic carbocycles. The largest absolute Gasteiger partial charge is 0.493 e. The van der Waals surface area contributed by atoms with Crippen molar-refractivity contribution in [3.05, 3.63) is 29.3 Å². The number of hydrogen-bond acceptors (Lipinski definition) is 2. The second-order valence-electron chi connectivity index (χ2n) is 7.37. The molecule has 0 saturated carbocycles. The molecule has 22 heavy (non-hydrogen) atoms. The molecule has 0 aliphatic heterocycles. The van der Waals surface area contributed by atoms with Crippen molar-refractivity contribution >= 4 is 0 Å². The van der Waals surface area contributed by atoms with Gasteiger partial charge in [0.15, 0.2) is 0 Å². The monoisotopic (exact) mass is 305 g/mol. The molecule has 0 spiro atoms. The lowest BCUT2D eigenvalue weighted by Crippen LogP contribution is -2.19. The van der Waals surface area contributed by atoms with Gasteiger partial charge >= 0.3 is 0 Å². The molecule has 1 aromatic rings. The van der Waals surface area contributed by atoms with Crippen LogP contribution in [0.4, 0.5) is 0 Å². The van der Waals surface area contributed by atoms with E-state index in [-0.39, 0.29) is 5.41 Å². The van der Waals surface area contributed by atoms with Gasteiger partial charge in [0.25, 0.3) is 0 Å². The molecule has 1 aromatic carbocycles. The minimum atomic E-state index is 0.109. The summed E-state index contributed by atoms with van der Waals surface area (Å²) < 4.78 is 5.92. The molecule has 1 unspecified atom stereocenters. The quantitative estimate of drug-likeness (QED) is 0.678. The maximum Gasteiger partial charge on any atom is 0.123 e. The third kappa shape index (κ3) is 6.39. The highest BCUT2D eigenvalue weighted by Crippen LogP contribution is 2.32. The molecule has 0 aromatic heterocycles. The highest BCUT2D eigenvalue weighted by molar-refractivity contribution is 5.41. The molecule has 0 aliphatic rings. The van der Waals surface area contributed by atoms with Crippen LogP contribution in [0.25, 0.3) is 0 Å². The maximum atomic E-state index is 6.11. The topological polar surface area (TPSA) is 35.2 Å². The van der Waals surface area contributed by atoms with Crippen LogP contribution in [0.3, 0.4) is 0 Å². The summed E-state index contributed by atoms with van der Waals surface area (Å²) in [5.41, 5.74) is 8.93. The fourth-order valence-corrected chi connectivity index (χ4v) is 2.74. The Morgan fingerprint density at radius 2 is 1.82 bits per heavy atom. The van der Waals surface area contributed by atoms with Crippen LogP contribution in [-0.4, -0.2) is 12.6 Å². The lowest BCUT2D eigenvalue weighted by atomic mass is 9.85. The van der Waals surface area contributed by atoms with Gasteiger partial charge < -0.3 is 10.5 Å². The van der Waals surface area contributed by atoms with Crippen molar-refractivity contribution in [3.63, 3.8) is 0 Å². The Kier molecular flexibility index (Phi) is 7.95. The molecule has 0 amide bonds. The molecule has 2 nitrogen and oxygen atoms in total. The Morgan fingerprint density at radius 3 is 2.41 bits per heavy atom. The van der Waals surface area contributed by atoms with Crippen LogP contribution in [0, 0.1) is 0 Å². The fraction of sp³-hybridized carbons (Fsp3) is 0.700. The van der Waals surface area contributed by atoms with Crippen molar-refractivity contribution in [2.75, 3.05) is 6.61 Å². The average Bonchev–Trinajstić information content (AvgIpc) is 2.45. The van der Waals surface area contributed by atoms with Crippen LogP contribution >= 0.6 is 0 Å². The number of aryl methyl sites for hydroxylation is 1. The minimum absolute atomic E-state index is 0.109. The van der Waals surface area contributed by atoms with Crippen LogP contribution < -0.4 is 10.5 Å². The van der Waals surface area contributed by atoms with E-state index < -0.39 is 0 Å². The van der Waals surface area contributed by atoms with E-state index in [1.807, 2.05) is 0 Å². The van der Waals surface area contributed by atoms with Crippen LogP contribution in [-0.2, 0) is 11.8 Å². The Balaban J connectivity index is 2.73. The fourth-order valence-electron chi connectivity index (χ4n) is 2.74. The molecular formula is C20H35NO. The van der Waals surface area contributed by atoms with E-state index in [0.717, 1.165) is 38.0 Å². The summed E-state index contributed by atoms with van der Waals surface area (Å²) in [4.78, 5) is 0. The van der Waals surface area contributed by atoms with E-state index in [1.54, 1.807) is 0 Å². The number of benzene rings is 1. The van der Waals surface area contributed by atoms with Crippen LogP contribution in [0.1, 0.15) is 77.8 Å². The van der Waals surface area contributed by atoms with E-state index in [9.17, 15) is 0 Å². The zero-order valence-corrected chi connectivity index (χ0v) is 15.2. The van der Waals surface area contributed by atoms with Crippen molar-refractivity contribution in [2.24, 2.45) is 5.73 Å². The Morgan fingerprint density at radius 1 is 1.09 bits per heavy atom. The van der Waals surface area contributed by atoms with Gasteiger partial charge in [-0.2, -0.15) is 0 Å². The second kappa shape index (κ2) is 9.19. The second-order valence-corrected chi connectivity index (χ2v) is 7.37. The summed E-state index contributed by atoms with van der Waals surface area (Å²) in [5.74, 6) is 1.04. The minimum Gasteiger partial charge on any atom is -0.493 e. The highest BCUT2D eigenvalue weighted by atomic mass is 16.5. The molecule has 1 atom stereocenters. The van der Waals surface area contributed by atoms with Crippen molar-refractivity contribution in [1.29, 1.82) is 0 Å². The zero-order valence-electron chi connectivity index (χ0n) is 15.2. The molecule has 0 bridgehead atoms. The van der Waals surface area contributed by atoms with Gasteiger partial charge in [0, 0.05) is 6.04 Å². The summed E-state index contributed by atoms with van der Waals surface area (Å²) >= 11 is 0. The standard InChI is InChI=1S/C20H35NO/c1-6-9-17(21)11-8-10-16-12-13-19(22-14-7-2)18(15-16)20(3,4)5/h12-13,15,17H,6-11,14,21H2,1-5H3. The van der Waals surface area contributed by atoms with Crippen LogP contribution in [0.2, 0.25) is 0 Å². The lowest BCUT2D eigenvalue weighted by molar-refractivity contribution is 0.308. The molecule has 0 saturated heterocycles. The Hall–Kier alpha value is -1.02. The van der Waals surface area contributed by atoms with Crippen molar-refractivity contribution in [1.82, 2.24) is 0 Å². The predicted molar refractivity (Wildman–Crippen MR) is 96.7 cm³/mol. The van der Waals surface area contributed by atoms with Crippen LogP contribution in [0.5, 0.6) is 5.75 Å². The summed E-state index contributed by atoms with van der Waals surface area (Å²) in [5, 5.41) is 0. The molecular weight excluding hydrogens is 270 g/mol. The first-order valence-corrected chi connectivity index (χ1v) is 8.90. The van der Waals surface area contributed by atoms with Gasteiger partial charge in [-0.05, 0) is 54.7 Å².